The van der Waals surface area contributed by atoms with Crippen LogP contribution in [0.1, 0.15) is 21.9 Å². The van der Waals surface area contributed by atoms with E-state index in [2.05, 4.69) is 26.2 Å². The van der Waals surface area contributed by atoms with Crippen molar-refractivity contribution in [2.75, 3.05) is 16.8 Å². The Morgan fingerprint density at radius 1 is 1.07 bits per heavy atom. The number of nitrogens with one attached hydrogen (secondary N) is 2. The number of imide groups is 1. The first-order valence-electron chi connectivity index (χ1n) is 13.2. The molecule has 2 aliphatic rings. The van der Waals surface area contributed by atoms with Gasteiger partial charge in [0.05, 0.1) is 32.8 Å². The van der Waals surface area contributed by atoms with Gasteiger partial charge < -0.3 is 15.0 Å². The number of hydrogen-bond acceptors (Lipinski definition) is 9. The number of hydrogen-bond donors (Lipinski definition) is 2. The van der Waals surface area contributed by atoms with Crippen LogP contribution in [-0.4, -0.2) is 39.5 Å². The zero-order valence-electron chi connectivity index (χ0n) is 22.9. The number of alkyl halides is 3. The van der Waals surface area contributed by atoms with Gasteiger partial charge in [0.1, 0.15) is 11.0 Å². The fraction of sp³-hybridized carbons (Fsp3) is 0.172. The van der Waals surface area contributed by atoms with Gasteiger partial charge in [0.25, 0.3) is 11.6 Å². The van der Waals surface area contributed by atoms with E-state index in [0.29, 0.717) is 19.9 Å². The highest BCUT2D eigenvalue weighted by Gasteiger charge is 2.57. The largest absolute Gasteiger partial charge is 0.483 e. The predicted octanol–water partition coefficient (Wildman–Crippen LogP) is 5.94. The quantitative estimate of drug-likeness (QED) is 0.135. The maximum absolute atomic E-state index is 14.0. The van der Waals surface area contributed by atoms with Crippen LogP contribution in [0.2, 0.25) is 0 Å². The maximum Gasteiger partial charge on any atom is 0.418 e. The number of H-pyrrole nitrogens is 1. The maximum atomic E-state index is 14.0. The Kier molecular flexibility index (Phi) is 8.24. The van der Waals surface area contributed by atoms with Gasteiger partial charge in [-0.1, -0.05) is 51.2 Å². The molecule has 0 radical (unpaired) electrons. The summed E-state index contributed by atoms with van der Waals surface area (Å²) < 4.78 is 46.6. The third-order valence-electron chi connectivity index (χ3n) is 7.31. The van der Waals surface area contributed by atoms with Crippen molar-refractivity contribution in [2.24, 2.45) is 5.92 Å². The molecule has 11 nitrogen and oxygen atoms in total. The fourth-order valence-electron chi connectivity index (χ4n) is 5.39. The Balaban J connectivity index is 1.34. The molecule has 0 spiro atoms. The highest BCUT2D eigenvalue weighted by molar-refractivity contribution is 9.10. The third kappa shape index (κ3) is 5.80. The van der Waals surface area contributed by atoms with Crippen molar-refractivity contribution in [2.45, 2.75) is 22.4 Å². The molecule has 0 saturated carbocycles. The zero-order chi connectivity index (χ0) is 32.9. The first-order valence-corrected chi connectivity index (χ1v) is 15.7. The van der Waals surface area contributed by atoms with Crippen molar-refractivity contribution in [1.82, 2.24) is 4.98 Å². The minimum absolute atomic E-state index is 0.0962. The second-order valence-corrected chi connectivity index (χ2v) is 13.2. The Bertz CT molecular complexity index is 1970. The lowest BCUT2D eigenvalue weighted by atomic mass is 9.82. The lowest BCUT2D eigenvalue weighted by Gasteiger charge is -2.31. The molecule has 0 bridgehead atoms. The van der Waals surface area contributed by atoms with Crippen molar-refractivity contribution < 1.29 is 37.2 Å². The molecule has 1 saturated heterocycles. The molecule has 3 atom stereocenters. The summed E-state index contributed by atoms with van der Waals surface area (Å²) in [5, 5.41) is 12.7. The van der Waals surface area contributed by atoms with E-state index in [4.69, 9.17) is 4.74 Å². The Hall–Kier alpha value is -4.48. The van der Waals surface area contributed by atoms with Gasteiger partial charge in [0.2, 0.25) is 11.8 Å². The molecule has 3 heterocycles. The van der Waals surface area contributed by atoms with Crippen molar-refractivity contribution >= 4 is 73.8 Å². The molecule has 46 heavy (non-hydrogen) atoms. The summed E-state index contributed by atoms with van der Waals surface area (Å²) in [6.45, 7) is -0.700. The monoisotopic (exact) mass is 734 g/mol. The lowest BCUT2D eigenvalue weighted by Crippen LogP contribution is -2.32. The van der Waals surface area contributed by atoms with E-state index in [1.54, 1.807) is 12.1 Å². The summed E-state index contributed by atoms with van der Waals surface area (Å²) in [6, 6.07) is 14.1. The van der Waals surface area contributed by atoms with Crippen LogP contribution < -0.4 is 19.8 Å². The fourth-order valence-corrected chi connectivity index (χ4v) is 8.28. The molecule has 236 valence electrons. The molecule has 2 aliphatic heterocycles. The number of anilines is 2. The number of fused-ring (bicyclic) bond motifs is 2. The number of halogens is 4. The van der Waals surface area contributed by atoms with E-state index in [9.17, 15) is 42.5 Å². The number of ether oxygens (including phenoxy) is 1. The second-order valence-electron chi connectivity index (χ2n) is 10.1. The first-order chi connectivity index (χ1) is 21.8. The van der Waals surface area contributed by atoms with E-state index in [-0.39, 0.29) is 17.1 Å². The van der Waals surface area contributed by atoms with Gasteiger partial charge in [-0.25, -0.2) is 4.90 Å². The van der Waals surface area contributed by atoms with Gasteiger partial charge >= 0.3 is 11.0 Å². The Labute approximate surface area is 273 Å². The van der Waals surface area contributed by atoms with Gasteiger partial charge in [0, 0.05) is 33.0 Å². The molecule has 17 heteroatoms. The number of aromatic nitrogens is 1. The molecule has 4 aromatic rings. The number of thiazole rings is 1. The molecule has 2 N–H and O–H groups in total. The van der Waals surface area contributed by atoms with Crippen molar-refractivity contribution in [1.29, 1.82) is 0 Å². The third-order valence-corrected chi connectivity index (χ3v) is 10.2. The summed E-state index contributed by atoms with van der Waals surface area (Å²) in [7, 11) is 0. The highest BCUT2D eigenvalue weighted by atomic mass is 79.9. The van der Waals surface area contributed by atoms with E-state index < -0.39 is 68.6 Å². The molecular formula is C29H18BrF3N4O7S2. The van der Waals surface area contributed by atoms with Crippen molar-refractivity contribution in [3.8, 4) is 5.75 Å². The molecule has 0 aliphatic carbocycles. The topological polar surface area (TPSA) is 152 Å². The zero-order valence-corrected chi connectivity index (χ0v) is 26.1. The summed E-state index contributed by atoms with van der Waals surface area (Å²) in [6.07, 6.45) is -4.71. The van der Waals surface area contributed by atoms with Crippen molar-refractivity contribution in [3.63, 3.8) is 0 Å². The molecule has 3 unspecified atom stereocenters. The number of nitrogens with zero attached hydrogens (tertiary/aromatic N) is 2. The molecule has 6 rings (SSSR count). The smallest absolute Gasteiger partial charge is 0.418 e. The predicted molar refractivity (Wildman–Crippen MR) is 165 cm³/mol. The number of non-ortho nitro benzene ring substituents is 1. The van der Waals surface area contributed by atoms with Gasteiger partial charge in [-0.2, -0.15) is 13.2 Å². The minimum Gasteiger partial charge on any atom is -0.483 e. The first kappa shape index (κ1) is 31.5. The van der Waals surface area contributed by atoms with E-state index in [0.717, 1.165) is 40.1 Å². The van der Waals surface area contributed by atoms with Gasteiger partial charge in [-0.15, -0.1) is 0 Å². The Morgan fingerprint density at radius 3 is 2.48 bits per heavy atom. The molecule has 1 aromatic heterocycles. The minimum atomic E-state index is -4.71. The van der Waals surface area contributed by atoms with E-state index >= 15 is 0 Å². The number of amides is 3. The highest BCUT2D eigenvalue weighted by Crippen LogP contribution is 2.55. The van der Waals surface area contributed by atoms with Crippen LogP contribution in [0.15, 0.2) is 81.0 Å². The SMILES string of the molecule is O=C(COc1ccc(Br)cc1C1c2sc(=O)[nH]c2SC2C(=O)N(c3ccc([N+](=O)[O-])cc3)C(=O)C21)Nc1ccccc1C(F)(F)F. The number of nitro groups is 1. The normalized spacial score (nSPS) is 19.0. The molecule has 3 amide bonds. The number of carbonyl (C=O) groups excluding carboxylic acids is 3. The van der Waals surface area contributed by atoms with Crippen LogP contribution in [0.3, 0.4) is 0 Å². The molecule has 3 aromatic carbocycles. The van der Waals surface area contributed by atoms with E-state index in [1.807, 2.05) is 0 Å². The number of thioether (sulfide) groups is 1. The summed E-state index contributed by atoms with van der Waals surface area (Å²) in [4.78, 5) is 67.1. The van der Waals surface area contributed by atoms with Crippen LogP contribution >= 0.6 is 39.0 Å². The molecular weight excluding hydrogens is 717 g/mol. The number of para-hydroxylation sites is 1. The van der Waals surface area contributed by atoms with Crippen LogP contribution in [0.25, 0.3) is 0 Å². The molecule has 1 fully saturated rings. The van der Waals surface area contributed by atoms with Crippen LogP contribution in [0.4, 0.5) is 30.2 Å². The lowest BCUT2D eigenvalue weighted by molar-refractivity contribution is -0.384. The van der Waals surface area contributed by atoms with Gasteiger partial charge in [0.15, 0.2) is 6.61 Å². The van der Waals surface area contributed by atoms with Crippen molar-refractivity contribution in [3.05, 3.63) is 107 Å². The second kappa shape index (κ2) is 12.0. The van der Waals surface area contributed by atoms with Crippen LogP contribution in [-0.2, 0) is 20.6 Å². The number of benzene rings is 3. The summed E-state index contributed by atoms with van der Waals surface area (Å²) in [5.74, 6) is -3.94. The van der Waals surface area contributed by atoms with Gasteiger partial charge in [-0.3, -0.25) is 29.3 Å². The summed E-state index contributed by atoms with van der Waals surface area (Å²) in [5.41, 5.74) is -1.23. The number of nitro benzene ring substituents is 1. The average Bonchev–Trinajstić information content (AvgIpc) is 3.50. The Morgan fingerprint density at radius 2 is 1.78 bits per heavy atom. The summed E-state index contributed by atoms with van der Waals surface area (Å²) >= 11 is 5.27. The number of aromatic amines is 1. The van der Waals surface area contributed by atoms with Crippen LogP contribution in [0.5, 0.6) is 5.75 Å². The van der Waals surface area contributed by atoms with Crippen LogP contribution in [0, 0.1) is 16.0 Å². The average molecular weight is 736 g/mol. The number of carbonyl (C=O) groups is 3. The van der Waals surface area contributed by atoms with Gasteiger partial charge in [-0.05, 0) is 42.5 Å². The standard InChI is InChI=1S/C29H18BrF3N4O7S2/c30-13-5-10-19(44-12-20(38)34-18-4-2-1-3-17(18)29(31,32)33)16(11-13)21-22-24(45-25-23(21)46-28(41)35-25)27(40)36(26(22)39)14-6-8-15(9-7-14)37(42)43/h1-11,21-22,24H,12H2,(H,34,38)(H,35,41). The van der Waals surface area contributed by atoms with E-state index in [1.165, 1.54) is 42.5 Å². The number of rotatable bonds is 7.